The summed E-state index contributed by atoms with van der Waals surface area (Å²) in [4.78, 5) is 23.5. The lowest BCUT2D eigenvalue weighted by Gasteiger charge is -2.11. The maximum Gasteiger partial charge on any atom is 0.306 e. The highest BCUT2D eigenvalue weighted by atomic mass is 16.5. The second kappa shape index (κ2) is 25.6. The van der Waals surface area contributed by atoms with E-state index in [0.29, 0.717) is 32.3 Å². The molecule has 0 aliphatic rings. The van der Waals surface area contributed by atoms with Gasteiger partial charge in [-0.25, -0.2) is 0 Å². The van der Waals surface area contributed by atoms with Crippen LogP contribution in [0.2, 0.25) is 0 Å². The fraction of sp³-hybridized carbons (Fsp3) is 0.931. The van der Waals surface area contributed by atoms with Crippen LogP contribution in [0.15, 0.2) is 0 Å². The fourth-order valence-electron chi connectivity index (χ4n) is 4.20. The van der Waals surface area contributed by atoms with Crippen molar-refractivity contribution >= 4 is 11.9 Å². The van der Waals surface area contributed by atoms with Gasteiger partial charge >= 0.3 is 11.9 Å². The molecule has 0 saturated carbocycles. The largest absolute Gasteiger partial charge is 0.466 e. The summed E-state index contributed by atoms with van der Waals surface area (Å²) < 4.78 is 10.6. The summed E-state index contributed by atoms with van der Waals surface area (Å²) in [7, 11) is 0. The van der Waals surface area contributed by atoms with Crippen molar-refractivity contribution in [2.24, 2.45) is 0 Å². The predicted octanol–water partition coefficient (Wildman–Crippen LogP) is 9.08. The van der Waals surface area contributed by atoms with Crippen LogP contribution in [-0.4, -0.2) is 24.6 Å². The Morgan fingerprint density at radius 1 is 0.545 bits per heavy atom. The Labute approximate surface area is 206 Å². The number of carbonyl (C=O) groups is 2. The smallest absolute Gasteiger partial charge is 0.306 e. The van der Waals surface area contributed by atoms with Crippen LogP contribution >= 0.6 is 0 Å². The normalized spacial score (nSPS) is 12.0. The number of carbonyl (C=O) groups excluding carboxylic acids is 2. The van der Waals surface area contributed by atoms with Gasteiger partial charge in [-0.2, -0.15) is 0 Å². The van der Waals surface area contributed by atoms with Crippen molar-refractivity contribution in [3.63, 3.8) is 0 Å². The molecule has 0 aromatic carbocycles. The summed E-state index contributed by atoms with van der Waals surface area (Å²) >= 11 is 0. The van der Waals surface area contributed by atoms with Crippen LogP contribution in [0.4, 0.5) is 0 Å². The van der Waals surface area contributed by atoms with Crippen LogP contribution in [0.25, 0.3) is 0 Å². The number of unbranched alkanes of at least 4 members (excludes halogenated alkanes) is 16. The van der Waals surface area contributed by atoms with Crippen molar-refractivity contribution in [2.45, 2.75) is 168 Å². The average molecular weight is 469 g/mol. The number of ether oxygens (including phenoxy) is 2. The summed E-state index contributed by atoms with van der Waals surface area (Å²) in [5, 5.41) is 0. The van der Waals surface area contributed by atoms with Gasteiger partial charge in [-0.3, -0.25) is 9.59 Å². The second-order valence-corrected chi connectivity index (χ2v) is 9.82. The van der Waals surface area contributed by atoms with E-state index < -0.39 is 0 Å². The molecule has 0 heterocycles. The first kappa shape index (κ1) is 31.9. The Morgan fingerprint density at radius 2 is 0.970 bits per heavy atom. The van der Waals surface area contributed by atoms with Crippen LogP contribution in [-0.2, 0) is 19.1 Å². The zero-order valence-corrected chi connectivity index (χ0v) is 22.5. The van der Waals surface area contributed by atoms with Gasteiger partial charge in [0.25, 0.3) is 0 Å². The van der Waals surface area contributed by atoms with Crippen LogP contribution in [0.3, 0.4) is 0 Å². The summed E-state index contributed by atoms with van der Waals surface area (Å²) in [6.07, 6.45) is 25.6. The molecule has 0 aromatic rings. The van der Waals surface area contributed by atoms with Crippen LogP contribution in [0, 0.1) is 0 Å². The van der Waals surface area contributed by atoms with E-state index in [0.717, 1.165) is 25.7 Å². The molecule has 4 heteroatoms. The molecule has 4 nitrogen and oxygen atoms in total. The quantitative estimate of drug-likeness (QED) is 0.0990. The average Bonchev–Trinajstić information content (AvgIpc) is 2.79. The SMILES string of the molecule is CCCCCCCCCCCCCCCCCCOC(=O)CCCCC(=O)OC(C)CCC. The van der Waals surface area contributed by atoms with E-state index >= 15 is 0 Å². The monoisotopic (exact) mass is 468 g/mol. The summed E-state index contributed by atoms with van der Waals surface area (Å²) in [6.45, 7) is 6.82. The molecule has 196 valence electrons. The number of hydrogen-bond acceptors (Lipinski definition) is 4. The first-order valence-electron chi connectivity index (χ1n) is 14.4. The molecule has 0 aliphatic heterocycles. The van der Waals surface area contributed by atoms with Gasteiger partial charge in [-0.1, -0.05) is 117 Å². The maximum atomic E-state index is 11.8. The van der Waals surface area contributed by atoms with E-state index in [1.165, 1.54) is 89.9 Å². The highest BCUT2D eigenvalue weighted by molar-refractivity contribution is 5.70. The Morgan fingerprint density at radius 3 is 1.42 bits per heavy atom. The molecule has 0 radical (unpaired) electrons. The van der Waals surface area contributed by atoms with Gasteiger partial charge in [0.1, 0.15) is 0 Å². The topological polar surface area (TPSA) is 52.6 Å². The molecule has 0 saturated heterocycles. The lowest BCUT2D eigenvalue weighted by Crippen LogP contribution is -2.14. The molecule has 0 fully saturated rings. The molecule has 0 rings (SSSR count). The number of hydrogen-bond donors (Lipinski definition) is 0. The molecular weight excluding hydrogens is 412 g/mol. The lowest BCUT2D eigenvalue weighted by atomic mass is 10.0. The van der Waals surface area contributed by atoms with E-state index in [1.54, 1.807) is 0 Å². The molecule has 0 bridgehead atoms. The van der Waals surface area contributed by atoms with Gasteiger partial charge in [0.05, 0.1) is 12.7 Å². The lowest BCUT2D eigenvalue weighted by molar-refractivity contribution is -0.149. The van der Waals surface area contributed by atoms with E-state index in [9.17, 15) is 9.59 Å². The van der Waals surface area contributed by atoms with Crippen LogP contribution < -0.4 is 0 Å². The first-order valence-corrected chi connectivity index (χ1v) is 14.4. The van der Waals surface area contributed by atoms with Gasteiger partial charge in [-0.05, 0) is 32.6 Å². The van der Waals surface area contributed by atoms with E-state index in [4.69, 9.17) is 9.47 Å². The predicted molar refractivity (Wildman–Crippen MR) is 139 cm³/mol. The van der Waals surface area contributed by atoms with Crippen molar-refractivity contribution < 1.29 is 19.1 Å². The molecule has 1 unspecified atom stereocenters. The molecule has 0 amide bonds. The third kappa shape index (κ3) is 25.4. The fourth-order valence-corrected chi connectivity index (χ4v) is 4.20. The summed E-state index contributed by atoms with van der Waals surface area (Å²) in [5.41, 5.74) is 0. The molecular formula is C29H56O4. The van der Waals surface area contributed by atoms with Crippen molar-refractivity contribution in [3.8, 4) is 0 Å². The van der Waals surface area contributed by atoms with Gasteiger partial charge in [0.15, 0.2) is 0 Å². The Bertz CT molecular complexity index is 435. The third-order valence-corrected chi connectivity index (χ3v) is 6.30. The zero-order chi connectivity index (χ0) is 24.4. The first-order chi connectivity index (χ1) is 16.1. The van der Waals surface area contributed by atoms with Crippen LogP contribution in [0.5, 0.6) is 0 Å². The standard InChI is InChI=1S/C29H56O4/c1-4-6-7-8-9-10-11-12-13-14-15-16-17-18-19-22-26-32-28(30)24-20-21-25-29(31)33-27(3)23-5-2/h27H,4-26H2,1-3H3. The van der Waals surface area contributed by atoms with Crippen LogP contribution in [0.1, 0.15) is 162 Å². The zero-order valence-electron chi connectivity index (χ0n) is 22.5. The number of esters is 2. The second-order valence-electron chi connectivity index (χ2n) is 9.82. The molecule has 33 heavy (non-hydrogen) atoms. The van der Waals surface area contributed by atoms with Gasteiger partial charge in [0.2, 0.25) is 0 Å². The molecule has 0 N–H and O–H groups in total. The molecule has 0 aliphatic carbocycles. The highest BCUT2D eigenvalue weighted by Gasteiger charge is 2.09. The van der Waals surface area contributed by atoms with Crippen molar-refractivity contribution in [1.82, 2.24) is 0 Å². The van der Waals surface area contributed by atoms with Crippen molar-refractivity contribution in [2.75, 3.05) is 6.61 Å². The van der Waals surface area contributed by atoms with Gasteiger partial charge in [0, 0.05) is 12.8 Å². The maximum absolute atomic E-state index is 11.8. The minimum absolute atomic E-state index is 0.00724. The summed E-state index contributed by atoms with van der Waals surface area (Å²) in [6, 6.07) is 0. The molecule has 0 spiro atoms. The Kier molecular flexibility index (Phi) is 24.7. The molecule has 1 atom stereocenters. The minimum atomic E-state index is -0.155. The van der Waals surface area contributed by atoms with Gasteiger partial charge < -0.3 is 9.47 Å². The number of rotatable bonds is 25. The summed E-state index contributed by atoms with van der Waals surface area (Å²) in [5.74, 6) is -0.291. The minimum Gasteiger partial charge on any atom is -0.466 e. The molecule has 0 aromatic heterocycles. The Hall–Kier alpha value is -1.06. The van der Waals surface area contributed by atoms with Gasteiger partial charge in [-0.15, -0.1) is 0 Å². The highest BCUT2D eigenvalue weighted by Crippen LogP contribution is 2.14. The van der Waals surface area contributed by atoms with Crippen molar-refractivity contribution in [1.29, 1.82) is 0 Å². The third-order valence-electron chi connectivity index (χ3n) is 6.30. The van der Waals surface area contributed by atoms with E-state index in [1.807, 2.05) is 6.92 Å². The van der Waals surface area contributed by atoms with Crippen molar-refractivity contribution in [3.05, 3.63) is 0 Å². The van der Waals surface area contributed by atoms with E-state index in [2.05, 4.69) is 13.8 Å². The van der Waals surface area contributed by atoms with E-state index in [-0.39, 0.29) is 18.0 Å². The Balaban J connectivity index is 3.26.